The van der Waals surface area contributed by atoms with E-state index in [-0.39, 0.29) is 6.04 Å². The molecule has 2 atom stereocenters. The molecule has 6 heteroatoms. The van der Waals surface area contributed by atoms with Crippen LogP contribution in [-0.2, 0) is 12.8 Å². The Morgan fingerprint density at radius 2 is 2.20 bits per heavy atom. The summed E-state index contributed by atoms with van der Waals surface area (Å²) in [5, 5.41) is 3.71. The third-order valence-electron chi connectivity index (χ3n) is 4.06. The van der Waals surface area contributed by atoms with Crippen molar-refractivity contribution in [3.8, 4) is 0 Å². The molecule has 0 bridgehead atoms. The molecule has 1 aliphatic carbocycles. The number of benzene rings is 1. The lowest BCUT2D eigenvalue weighted by Gasteiger charge is -2.29. The van der Waals surface area contributed by atoms with Crippen LogP contribution in [0.15, 0.2) is 24.0 Å². The molecular weight excluding hydrogens is 280 g/mol. The zero-order valence-corrected chi connectivity index (χ0v) is 11.7. The standard InChI is InChI=1S/C14H15F2N3S/c15-9-3-8-4-10(1-2-12(8)13(16)5-9)19-11(6-17)7-18-14(19)20/h3,5,7,10H,1-2,4,6,17H2,(H,18,20)/p+1. The van der Waals surface area contributed by atoms with E-state index in [9.17, 15) is 8.78 Å². The molecule has 0 saturated heterocycles. The van der Waals surface area contributed by atoms with Gasteiger partial charge in [0.05, 0.1) is 12.7 Å². The average Bonchev–Trinajstić information content (AvgIpc) is 2.78. The van der Waals surface area contributed by atoms with E-state index in [1.807, 2.05) is 6.20 Å². The van der Waals surface area contributed by atoms with Gasteiger partial charge in [-0.25, -0.2) is 13.7 Å². The molecule has 3 rings (SSSR count). The molecule has 0 aromatic heterocycles. The monoisotopic (exact) mass is 296 g/mol. The fraction of sp³-hybridized carbons (Fsp3) is 0.357. The molecule has 106 valence electrons. The van der Waals surface area contributed by atoms with Crippen molar-refractivity contribution in [2.75, 3.05) is 6.54 Å². The molecular formula is C14H16F2N3S+. The first-order chi connectivity index (χ1) is 9.60. The van der Waals surface area contributed by atoms with E-state index < -0.39 is 11.6 Å². The van der Waals surface area contributed by atoms with Crippen LogP contribution in [0, 0.1) is 11.6 Å². The van der Waals surface area contributed by atoms with Gasteiger partial charge < -0.3 is 11.1 Å². The molecule has 1 aromatic carbocycles. The van der Waals surface area contributed by atoms with E-state index in [0.717, 1.165) is 28.6 Å². The van der Waals surface area contributed by atoms with Gasteiger partial charge >= 0.3 is 0 Å². The van der Waals surface area contributed by atoms with Gasteiger partial charge in [0.15, 0.2) is 0 Å². The normalized spacial score (nSPS) is 25.1. The summed E-state index contributed by atoms with van der Waals surface area (Å²) in [5.41, 5.74) is 8.11. The second kappa shape index (κ2) is 5.20. The number of hydrogen-bond donors (Lipinski definition) is 3. The molecule has 2 aliphatic rings. The number of hydrogen-bond acceptors (Lipinski definition) is 2. The lowest BCUT2D eigenvalue weighted by Crippen LogP contribution is -3.16. The van der Waals surface area contributed by atoms with Crippen LogP contribution in [0.1, 0.15) is 17.5 Å². The van der Waals surface area contributed by atoms with Crippen molar-refractivity contribution in [3.05, 3.63) is 46.8 Å². The molecule has 1 heterocycles. The van der Waals surface area contributed by atoms with Gasteiger partial charge in [0.25, 0.3) is 5.11 Å². The van der Waals surface area contributed by atoms with Gasteiger partial charge in [-0.15, -0.1) is 0 Å². The van der Waals surface area contributed by atoms with Crippen molar-refractivity contribution >= 4 is 17.3 Å². The average molecular weight is 296 g/mol. The Morgan fingerprint density at radius 1 is 1.40 bits per heavy atom. The van der Waals surface area contributed by atoms with Crippen molar-refractivity contribution in [1.29, 1.82) is 0 Å². The first-order valence-corrected chi connectivity index (χ1v) is 7.05. The molecule has 0 saturated carbocycles. The van der Waals surface area contributed by atoms with Crippen LogP contribution < -0.4 is 16.0 Å². The van der Waals surface area contributed by atoms with Crippen LogP contribution in [-0.4, -0.2) is 17.7 Å². The Kier molecular flexibility index (Phi) is 3.54. The summed E-state index contributed by atoms with van der Waals surface area (Å²) in [7, 11) is 0. The minimum absolute atomic E-state index is 0.181. The quantitative estimate of drug-likeness (QED) is 0.692. The third-order valence-corrected chi connectivity index (χ3v) is 4.40. The highest BCUT2D eigenvalue weighted by atomic mass is 32.1. The molecule has 1 aromatic rings. The fourth-order valence-electron chi connectivity index (χ4n) is 3.12. The molecule has 2 unspecified atom stereocenters. The van der Waals surface area contributed by atoms with Gasteiger partial charge in [-0.05, 0) is 23.6 Å². The van der Waals surface area contributed by atoms with Crippen molar-refractivity contribution in [3.63, 3.8) is 0 Å². The summed E-state index contributed by atoms with van der Waals surface area (Å²) >= 11 is 5.31. The van der Waals surface area contributed by atoms with E-state index in [4.69, 9.17) is 18.0 Å². The van der Waals surface area contributed by atoms with Crippen molar-refractivity contribution in [1.82, 2.24) is 5.32 Å². The number of nitrogens with one attached hydrogen (secondary N) is 2. The summed E-state index contributed by atoms with van der Waals surface area (Å²) < 4.78 is 27.1. The predicted molar refractivity (Wildman–Crippen MR) is 76.0 cm³/mol. The van der Waals surface area contributed by atoms with Crippen LogP contribution in [0.4, 0.5) is 8.78 Å². The smallest absolute Gasteiger partial charge is 0.277 e. The number of nitrogens with two attached hydrogens (primary N) is 1. The third kappa shape index (κ3) is 2.24. The molecule has 0 fully saturated rings. The number of rotatable bonds is 2. The summed E-state index contributed by atoms with van der Waals surface area (Å²) in [4.78, 5) is 1.04. The molecule has 20 heavy (non-hydrogen) atoms. The van der Waals surface area contributed by atoms with Gasteiger partial charge in [-0.2, -0.15) is 0 Å². The maximum atomic E-state index is 13.7. The van der Waals surface area contributed by atoms with Gasteiger partial charge in [0.2, 0.25) is 0 Å². The summed E-state index contributed by atoms with van der Waals surface area (Å²) in [6.45, 7) is 0.420. The second-order valence-corrected chi connectivity index (χ2v) is 5.63. The topological polar surface area (TPSA) is 42.5 Å². The van der Waals surface area contributed by atoms with E-state index in [1.54, 1.807) is 0 Å². The Morgan fingerprint density at radius 3 is 2.95 bits per heavy atom. The highest BCUT2D eigenvalue weighted by Crippen LogP contribution is 2.24. The Labute approximate surface area is 121 Å². The van der Waals surface area contributed by atoms with Crippen LogP contribution >= 0.6 is 12.2 Å². The first-order valence-electron chi connectivity index (χ1n) is 6.64. The van der Waals surface area contributed by atoms with Gasteiger partial charge in [-0.3, -0.25) is 0 Å². The van der Waals surface area contributed by atoms with E-state index >= 15 is 0 Å². The van der Waals surface area contributed by atoms with E-state index in [1.165, 1.54) is 6.07 Å². The van der Waals surface area contributed by atoms with Gasteiger partial charge in [0.1, 0.15) is 23.4 Å². The Hall–Kier alpha value is -1.37. The Balaban J connectivity index is 1.89. The number of thiocarbonyl (C=S) groups is 1. The zero-order valence-electron chi connectivity index (χ0n) is 10.9. The SMILES string of the molecule is NCC1=CNC(=S)[NH+]1C1CCc2c(F)cc(F)cc2C1. The Bertz CT molecular complexity index is 600. The van der Waals surface area contributed by atoms with Crippen LogP contribution in [0.25, 0.3) is 0 Å². The van der Waals surface area contributed by atoms with E-state index in [2.05, 4.69) is 5.32 Å². The van der Waals surface area contributed by atoms with Crippen molar-refractivity contribution < 1.29 is 13.7 Å². The highest BCUT2D eigenvalue weighted by molar-refractivity contribution is 7.79. The number of halogens is 2. The van der Waals surface area contributed by atoms with Gasteiger partial charge in [0, 0.05) is 31.1 Å². The van der Waals surface area contributed by atoms with Crippen LogP contribution in [0.3, 0.4) is 0 Å². The van der Waals surface area contributed by atoms with Gasteiger partial charge in [-0.1, -0.05) is 0 Å². The molecule has 1 aliphatic heterocycles. The lowest BCUT2D eigenvalue weighted by atomic mass is 9.87. The molecule has 0 radical (unpaired) electrons. The summed E-state index contributed by atoms with van der Waals surface area (Å²) in [6, 6.07) is 2.57. The lowest BCUT2D eigenvalue weighted by molar-refractivity contribution is -0.789. The summed E-state index contributed by atoms with van der Waals surface area (Å²) in [6.07, 6.45) is 3.86. The van der Waals surface area contributed by atoms with Crippen molar-refractivity contribution in [2.24, 2.45) is 5.73 Å². The maximum absolute atomic E-state index is 13.7. The zero-order chi connectivity index (χ0) is 14.3. The second-order valence-electron chi connectivity index (χ2n) is 5.23. The largest absolute Gasteiger partial charge is 0.322 e. The molecule has 4 N–H and O–H groups in total. The van der Waals surface area contributed by atoms with E-state index in [0.29, 0.717) is 30.1 Å². The molecule has 0 spiro atoms. The number of fused-ring (bicyclic) bond motifs is 1. The fourth-order valence-corrected chi connectivity index (χ4v) is 3.48. The van der Waals surface area contributed by atoms with Crippen LogP contribution in [0.2, 0.25) is 0 Å². The minimum Gasteiger partial charge on any atom is -0.322 e. The first kappa shape index (κ1) is 13.6. The summed E-state index contributed by atoms with van der Waals surface area (Å²) in [5.74, 6) is -0.959. The van der Waals surface area contributed by atoms with Crippen molar-refractivity contribution in [2.45, 2.75) is 25.3 Å². The van der Waals surface area contributed by atoms with Crippen LogP contribution in [0.5, 0.6) is 0 Å². The minimum atomic E-state index is -0.520. The molecule has 0 amide bonds. The predicted octanol–water partition coefficient (Wildman–Crippen LogP) is 0.395. The molecule has 3 nitrogen and oxygen atoms in total. The maximum Gasteiger partial charge on any atom is 0.277 e. The number of quaternary nitrogens is 1. The highest BCUT2D eigenvalue weighted by Gasteiger charge is 2.36.